The number of halogens is 1. The number of nitriles is 1. The number of Topliss-reactive ketones (excluding diaryl/α,β-unsaturated/α-hetero) is 1. The van der Waals surface area contributed by atoms with Crippen LogP contribution in [-0.4, -0.2) is 16.3 Å². The summed E-state index contributed by atoms with van der Waals surface area (Å²) in [6, 6.07) is 0. The summed E-state index contributed by atoms with van der Waals surface area (Å²) in [6.07, 6.45) is 0. The van der Waals surface area contributed by atoms with Gasteiger partial charge in [0.2, 0.25) is 5.24 Å². The van der Waals surface area contributed by atoms with Crippen LogP contribution in [0.4, 0.5) is 0 Å². The molecule has 0 spiro atoms. The second-order valence-corrected chi connectivity index (χ2v) is 3.63. The van der Waals surface area contributed by atoms with Crippen molar-refractivity contribution in [1.29, 1.82) is 5.26 Å². The summed E-state index contributed by atoms with van der Waals surface area (Å²) in [6.45, 7) is 2.87. The van der Waals surface area contributed by atoms with E-state index in [0.29, 0.717) is 0 Å². The second kappa shape index (κ2) is 5.18. The van der Waals surface area contributed by atoms with E-state index in [-0.39, 0.29) is 5.78 Å². The number of hydrogen-bond acceptors (Lipinski definition) is 4. The maximum Gasteiger partial charge on any atom is 0.226 e. The van der Waals surface area contributed by atoms with Gasteiger partial charge in [0.25, 0.3) is 0 Å². The van der Waals surface area contributed by atoms with Crippen molar-refractivity contribution in [2.24, 2.45) is 5.92 Å². The fraction of sp³-hybridized carbons (Fsp3) is 0.571. The Morgan fingerprint density at radius 3 is 2.33 bits per heavy atom. The molecular weight excluding hydrogens is 198 g/mol. The molecule has 66 valence electrons. The van der Waals surface area contributed by atoms with Crippen LogP contribution in [-0.2, 0) is 9.59 Å². The van der Waals surface area contributed by atoms with Crippen LogP contribution >= 0.6 is 23.4 Å². The number of carbonyl (C=O) groups excluding carboxylic acids is 2. The van der Waals surface area contributed by atoms with Gasteiger partial charge in [-0.3, -0.25) is 9.59 Å². The van der Waals surface area contributed by atoms with Crippen molar-refractivity contribution in [2.75, 3.05) is 0 Å². The number of nitrogens with zero attached hydrogens (tertiary/aromatic N) is 1. The van der Waals surface area contributed by atoms with Gasteiger partial charge in [-0.15, -0.1) is 0 Å². The standard InChI is InChI=1S/C7H8ClNO2S/c1-4(7(8)11)6(5(2)10)12-3-9/h4,6H,1-2H3. The molecule has 0 aliphatic carbocycles. The molecule has 12 heavy (non-hydrogen) atoms. The van der Waals surface area contributed by atoms with Crippen LogP contribution in [0.25, 0.3) is 0 Å². The molecule has 0 radical (unpaired) electrons. The average molecular weight is 206 g/mol. The zero-order chi connectivity index (χ0) is 9.72. The predicted molar refractivity (Wildman–Crippen MR) is 47.7 cm³/mol. The summed E-state index contributed by atoms with van der Waals surface area (Å²) < 4.78 is 0. The van der Waals surface area contributed by atoms with E-state index in [1.54, 1.807) is 5.40 Å². The normalized spacial score (nSPS) is 14.5. The van der Waals surface area contributed by atoms with E-state index in [4.69, 9.17) is 16.9 Å². The molecule has 0 amide bonds. The van der Waals surface area contributed by atoms with Gasteiger partial charge in [0.05, 0.1) is 11.2 Å². The van der Waals surface area contributed by atoms with Gasteiger partial charge in [-0.25, -0.2) is 0 Å². The highest BCUT2D eigenvalue weighted by molar-refractivity contribution is 8.05. The number of ketones is 1. The Labute approximate surface area is 80.1 Å². The van der Waals surface area contributed by atoms with E-state index in [1.807, 2.05) is 0 Å². The molecule has 0 aliphatic heterocycles. The minimum Gasteiger partial charge on any atom is -0.299 e. The van der Waals surface area contributed by atoms with E-state index in [0.717, 1.165) is 11.8 Å². The molecule has 3 nitrogen and oxygen atoms in total. The Bertz CT molecular complexity index is 236. The summed E-state index contributed by atoms with van der Waals surface area (Å²) in [7, 11) is 0. The Balaban J connectivity index is 4.42. The molecule has 0 heterocycles. The molecule has 2 unspecified atom stereocenters. The van der Waals surface area contributed by atoms with E-state index in [2.05, 4.69) is 0 Å². The second-order valence-electron chi connectivity index (χ2n) is 2.33. The summed E-state index contributed by atoms with van der Waals surface area (Å²) in [4.78, 5) is 21.6. The van der Waals surface area contributed by atoms with E-state index >= 15 is 0 Å². The Morgan fingerprint density at radius 1 is 1.58 bits per heavy atom. The smallest absolute Gasteiger partial charge is 0.226 e. The number of hydrogen-bond donors (Lipinski definition) is 0. The Hall–Kier alpha value is -0.530. The number of thioether (sulfide) groups is 1. The molecule has 0 aromatic rings. The first-order valence-corrected chi connectivity index (χ1v) is 4.51. The lowest BCUT2D eigenvalue weighted by Crippen LogP contribution is -2.26. The van der Waals surface area contributed by atoms with Crippen molar-refractivity contribution < 1.29 is 9.59 Å². The Kier molecular flexibility index (Phi) is 4.95. The van der Waals surface area contributed by atoms with Gasteiger partial charge in [-0.1, -0.05) is 6.92 Å². The molecule has 0 aromatic carbocycles. The number of rotatable bonds is 4. The molecule has 0 aromatic heterocycles. The molecule has 5 heteroatoms. The van der Waals surface area contributed by atoms with Gasteiger partial charge >= 0.3 is 0 Å². The van der Waals surface area contributed by atoms with Crippen LogP contribution in [0.5, 0.6) is 0 Å². The molecule has 0 fully saturated rings. The fourth-order valence-electron chi connectivity index (χ4n) is 0.713. The first kappa shape index (κ1) is 11.5. The molecular formula is C7H8ClNO2S. The first-order valence-electron chi connectivity index (χ1n) is 3.25. The maximum absolute atomic E-state index is 10.9. The minimum absolute atomic E-state index is 0.206. The third-order valence-corrected chi connectivity index (χ3v) is 2.84. The van der Waals surface area contributed by atoms with Crippen LogP contribution in [0.15, 0.2) is 0 Å². The minimum atomic E-state index is -0.639. The van der Waals surface area contributed by atoms with Gasteiger partial charge in [0.1, 0.15) is 11.2 Å². The van der Waals surface area contributed by atoms with Crippen LogP contribution in [0.3, 0.4) is 0 Å². The Morgan fingerprint density at radius 2 is 2.08 bits per heavy atom. The van der Waals surface area contributed by atoms with Gasteiger partial charge in [-0.05, 0) is 30.3 Å². The third-order valence-electron chi connectivity index (χ3n) is 1.39. The maximum atomic E-state index is 10.9. The summed E-state index contributed by atoms with van der Waals surface area (Å²) in [5.74, 6) is -0.808. The van der Waals surface area contributed by atoms with Crippen molar-refractivity contribution in [3.63, 3.8) is 0 Å². The molecule has 0 aliphatic rings. The van der Waals surface area contributed by atoms with E-state index < -0.39 is 16.4 Å². The topological polar surface area (TPSA) is 57.9 Å². The highest BCUT2D eigenvalue weighted by Crippen LogP contribution is 2.21. The van der Waals surface area contributed by atoms with Gasteiger partial charge in [0, 0.05) is 0 Å². The quantitative estimate of drug-likeness (QED) is 0.516. The summed E-state index contributed by atoms with van der Waals surface area (Å²) in [5.41, 5.74) is 0. The lowest BCUT2D eigenvalue weighted by atomic mass is 10.1. The van der Waals surface area contributed by atoms with Crippen molar-refractivity contribution in [2.45, 2.75) is 19.1 Å². The van der Waals surface area contributed by atoms with Crippen LogP contribution < -0.4 is 0 Å². The molecule has 0 saturated carbocycles. The largest absolute Gasteiger partial charge is 0.299 e. The lowest BCUT2D eigenvalue weighted by molar-refractivity contribution is -0.121. The van der Waals surface area contributed by atoms with Crippen molar-refractivity contribution in [3.05, 3.63) is 0 Å². The predicted octanol–water partition coefficient (Wildman–Crippen LogP) is 1.56. The lowest BCUT2D eigenvalue weighted by Gasteiger charge is -2.12. The molecule has 0 N–H and O–H groups in total. The zero-order valence-electron chi connectivity index (χ0n) is 6.70. The average Bonchev–Trinajstić information content (AvgIpc) is 1.98. The fourth-order valence-corrected chi connectivity index (χ4v) is 1.52. The monoisotopic (exact) mass is 205 g/mol. The zero-order valence-corrected chi connectivity index (χ0v) is 8.28. The van der Waals surface area contributed by atoms with Crippen LogP contribution in [0, 0.1) is 16.6 Å². The summed E-state index contributed by atoms with van der Waals surface area (Å²) >= 11 is 5.96. The van der Waals surface area contributed by atoms with Crippen molar-refractivity contribution in [3.8, 4) is 5.40 Å². The highest BCUT2D eigenvalue weighted by atomic mass is 35.5. The van der Waals surface area contributed by atoms with Gasteiger partial charge in [-0.2, -0.15) is 5.26 Å². The first-order chi connectivity index (χ1) is 5.50. The van der Waals surface area contributed by atoms with Gasteiger partial charge in [0.15, 0.2) is 0 Å². The SMILES string of the molecule is CC(=O)C(SC#N)C(C)C(=O)Cl. The molecule has 0 rings (SSSR count). The molecule has 0 bridgehead atoms. The van der Waals surface area contributed by atoms with E-state index in [1.165, 1.54) is 13.8 Å². The highest BCUT2D eigenvalue weighted by Gasteiger charge is 2.27. The number of thiocyanates is 1. The molecule has 2 atom stereocenters. The summed E-state index contributed by atoms with van der Waals surface area (Å²) in [5, 5.41) is 8.87. The molecule has 0 saturated heterocycles. The van der Waals surface area contributed by atoms with Crippen molar-refractivity contribution >= 4 is 34.4 Å². The van der Waals surface area contributed by atoms with Crippen LogP contribution in [0.2, 0.25) is 0 Å². The number of carbonyl (C=O) groups is 2. The van der Waals surface area contributed by atoms with Crippen LogP contribution in [0.1, 0.15) is 13.8 Å². The van der Waals surface area contributed by atoms with Gasteiger partial charge < -0.3 is 0 Å². The van der Waals surface area contributed by atoms with E-state index in [9.17, 15) is 9.59 Å². The van der Waals surface area contributed by atoms with Crippen molar-refractivity contribution in [1.82, 2.24) is 0 Å². The third kappa shape index (κ3) is 3.24.